The summed E-state index contributed by atoms with van der Waals surface area (Å²) in [6.07, 6.45) is -6.30. The van der Waals surface area contributed by atoms with E-state index in [1.807, 2.05) is 48.5 Å². The van der Waals surface area contributed by atoms with Crippen LogP contribution in [0.4, 0.5) is 19.2 Å². The van der Waals surface area contributed by atoms with Crippen LogP contribution in [0.2, 0.25) is 0 Å². The van der Waals surface area contributed by atoms with E-state index in [1.165, 1.54) is 27.7 Å². The lowest BCUT2D eigenvalue weighted by Crippen LogP contribution is -2.60. The lowest BCUT2D eigenvalue weighted by atomic mass is 9.98. The van der Waals surface area contributed by atoms with Gasteiger partial charge in [0.15, 0.2) is 0 Å². The molecule has 3 aromatic carbocycles. The van der Waals surface area contributed by atoms with Gasteiger partial charge in [0.1, 0.15) is 66.8 Å². The highest BCUT2D eigenvalue weighted by Crippen LogP contribution is 2.44. The van der Waals surface area contributed by atoms with E-state index in [0.717, 1.165) is 29.4 Å². The molecule has 0 radical (unpaired) electrons. The summed E-state index contributed by atoms with van der Waals surface area (Å²) in [7, 11) is 1.07. The van der Waals surface area contributed by atoms with Gasteiger partial charge in [-0.05, 0) is 114 Å². The minimum Gasteiger partial charge on any atom is -0.467 e. The van der Waals surface area contributed by atoms with Crippen LogP contribution in [0.1, 0.15) is 131 Å². The number of hydrogen-bond donors (Lipinski definition) is 11. The van der Waals surface area contributed by atoms with Crippen LogP contribution in [0.15, 0.2) is 78.9 Å². The highest BCUT2D eigenvalue weighted by molar-refractivity contribution is 5.96. The molecule has 12 N–H and O–H groups in total. The van der Waals surface area contributed by atoms with Gasteiger partial charge in [-0.1, -0.05) is 107 Å². The Morgan fingerprint density at radius 3 is 1.66 bits per heavy atom. The Morgan fingerprint density at radius 1 is 0.521 bits per heavy atom. The molecule has 30 nitrogen and oxygen atoms in total. The average molecular weight is 1340 g/mol. The van der Waals surface area contributed by atoms with Crippen molar-refractivity contribution in [3.63, 3.8) is 0 Å². The molecule has 0 saturated carbocycles. The molecule has 30 heteroatoms. The molecule has 0 aromatic heterocycles. The van der Waals surface area contributed by atoms with Crippen molar-refractivity contribution in [1.29, 1.82) is 0 Å². The van der Waals surface area contributed by atoms with E-state index < -0.39 is 163 Å². The molecule has 0 saturated heterocycles. The molecule has 1 aliphatic rings. The Bertz CT molecular complexity index is 3160. The van der Waals surface area contributed by atoms with E-state index in [-0.39, 0.29) is 50.9 Å². The fourth-order valence-electron chi connectivity index (χ4n) is 9.68. The molecular formula is C66H93N11O19. The molecule has 0 aliphatic heterocycles. The molecule has 4 rings (SSSR count). The van der Waals surface area contributed by atoms with Gasteiger partial charge in [0.05, 0.1) is 26.6 Å². The monoisotopic (exact) mass is 1340 g/mol. The molecule has 526 valence electrons. The minimum absolute atomic E-state index is 0.00282. The summed E-state index contributed by atoms with van der Waals surface area (Å²) < 4.78 is 32.5. The van der Waals surface area contributed by atoms with Crippen molar-refractivity contribution in [3.8, 4) is 11.1 Å². The zero-order valence-corrected chi connectivity index (χ0v) is 56.4. The van der Waals surface area contributed by atoms with Crippen molar-refractivity contribution in [2.24, 2.45) is 17.6 Å². The number of fused-ring (bicyclic) bond motifs is 3. The van der Waals surface area contributed by atoms with E-state index >= 15 is 0 Å². The van der Waals surface area contributed by atoms with Gasteiger partial charge in [0.25, 0.3) is 0 Å². The summed E-state index contributed by atoms with van der Waals surface area (Å²) >= 11 is 0. The number of hydrogen-bond acceptors (Lipinski definition) is 19. The number of esters is 2. The summed E-state index contributed by atoms with van der Waals surface area (Å²) in [4.78, 5) is 175. The summed E-state index contributed by atoms with van der Waals surface area (Å²) in [5.74, 6) is -10.2. The molecule has 0 spiro atoms. The molecule has 1 aliphatic carbocycles. The molecule has 3 aromatic rings. The van der Waals surface area contributed by atoms with E-state index in [2.05, 4.69) is 53.2 Å². The molecule has 0 bridgehead atoms. The molecule has 0 fully saturated rings. The second-order valence-corrected chi connectivity index (χ2v) is 25.4. The molecule has 0 heterocycles. The van der Waals surface area contributed by atoms with E-state index in [1.54, 1.807) is 78.8 Å². The van der Waals surface area contributed by atoms with Crippen LogP contribution in [0.3, 0.4) is 0 Å². The van der Waals surface area contributed by atoms with Crippen molar-refractivity contribution in [3.05, 3.63) is 95.6 Å². The van der Waals surface area contributed by atoms with E-state index in [4.69, 9.17) is 34.2 Å². The number of amides is 11. The van der Waals surface area contributed by atoms with Crippen LogP contribution in [0.5, 0.6) is 0 Å². The first-order valence-electron chi connectivity index (χ1n) is 31.5. The SMILES string of the molecule is COC(=O)[C@H](CCCCNC(=O)OC(C)(C)C)NC(=O)[C@H](CC(=O)O[C@H](C)[C@H](NC(=O)OCc1ccccc1)C(=O)NC[C@H](NC(=O)OC(C)(C)C)C(=O)N[C@@H](CC(C)C)C(=O)NCC(=O)NCC(N)=O)NC(=O)[C@@H](NC(=O)OCC1c2ccccc2-c2ccccc21)C(C)C. The summed E-state index contributed by atoms with van der Waals surface area (Å²) in [6.45, 7) is 15.3. The topological polar surface area (TPSA) is 424 Å². The quantitative estimate of drug-likeness (QED) is 0.0232. The van der Waals surface area contributed by atoms with Gasteiger partial charge in [0.2, 0.25) is 41.4 Å². The average Bonchev–Trinajstić information content (AvgIpc) is 1.62. The summed E-state index contributed by atoms with van der Waals surface area (Å²) in [6, 6.07) is 14.0. The van der Waals surface area contributed by atoms with Crippen molar-refractivity contribution >= 4 is 77.7 Å². The summed E-state index contributed by atoms with van der Waals surface area (Å²) in [5.41, 5.74) is 7.56. The Kier molecular flexibility index (Phi) is 30.8. The third-order valence-electron chi connectivity index (χ3n) is 14.2. The molecule has 96 heavy (non-hydrogen) atoms. The predicted molar refractivity (Wildman–Crippen MR) is 347 cm³/mol. The Labute approximate surface area is 558 Å². The number of benzene rings is 3. The van der Waals surface area contributed by atoms with Gasteiger partial charge in [-0.25, -0.2) is 24.0 Å². The number of rotatable bonds is 34. The number of methoxy groups -OCH3 is 1. The third-order valence-corrected chi connectivity index (χ3v) is 14.2. The number of ether oxygens (including phenoxy) is 6. The fraction of sp³-hybridized carbons (Fsp3) is 0.530. The molecule has 0 unspecified atom stereocenters. The largest absolute Gasteiger partial charge is 0.467 e. The number of carbonyl (C=O) groups is 13. The second kappa shape index (κ2) is 37.8. The molecule has 7 atom stereocenters. The van der Waals surface area contributed by atoms with E-state index in [0.29, 0.717) is 12.0 Å². The van der Waals surface area contributed by atoms with Crippen LogP contribution in [0, 0.1) is 11.8 Å². The first-order valence-corrected chi connectivity index (χ1v) is 31.5. The number of primary amides is 1. The van der Waals surface area contributed by atoms with Crippen molar-refractivity contribution < 1.29 is 90.8 Å². The van der Waals surface area contributed by atoms with Gasteiger partial charge in [-0.3, -0.25) is 38.4 Å². The van der Waals surface area contributed by atoms with Crippen molar-refractivity contribution in [2.75, 3.05) is 39.9 Å². The maximum Gasteiger partial charge on any atom is 0.408 e. The number of nitrogens with one attached hydrogen (secondary N) is 10. The number of alkyl carbamates (subject to hydrolysis) is 4. The summed E-state index contributed by atoms with van der Waals surface area (Å²) in [5, 5.41) is 24.4. The first kappa shape index (κ1) is 78.4. The lowest BCUT2D eigenvalue weighted by Gasteiger charge is -2.28. The smallest absolute Gasteiger partial charge is 0.408 e. The van der Waals surface area contributed by atoms with Gasteiger partial charge in [-0.2, -0.15) is 0 Å². The first-order chi connectivity index (χ1) is 45.1. The second-order valence-electron chi connectivity index (χ2n) is 25.4. The highest BCUT2D eigenvalue weighted by Gasteiger charge is 2.38. The standard InChI is InChI=1S/C66H93N11O19/c1-37(2)30-47(55(81)71-34-51(79)69-33-50(67)78)73-57(83)49(75-64(90)96-66(9,10)11)32-70-58(84)54(77-63(89)92-35-40-22-14-13-15-23-40)39(5)94-52(80)31-48(56(82)72-46(60(86)91-12)28-20-21-29-68-61(87)95-65(6,7)8)74-59(85)53(38(3)4)76-62(88)93-36-45-43-26-18-16-24-41(43)42-25-17-19-27-44(42)45/h13-19,22-27,37-39,45-49,53-54H,20-21,28-36H2,1-12H3,(H2,67,78)(H,68,87)(H,69,79)(H,70,84)(H,71,81)(H,72,82)(H,73,83)(H,74,85)(H,75,90)(H,76,88)(H,77,89)/t39-,46+,47+,48+,49+,53+,54+/m1/s1. The number of nitrogens with two attached hydrogens (primary N) is 1. The van der Waals surface area contributed by atoms with Gasteiger partial charge >= 0.3 is 36.3 Å². The number of carbonyl (C=O) groups excluding carboxylic acids is 13. The third kappa shape index (κ3) is 27.5. The Hall–Kier alpha value is -10.0. The highest BCUT2D eigenvalue weighted by atomic mass is 16.6. The Morgan fingerprint density at radius 2 is 1.07 bits per heavy atom. The zero-order valence-electron chi connectivity index (χ0n) is 56.4. The van der Waals surface area contributed by atoms with E-state index in [9.17, 15) is 62.3 Å². The Balaban J connectivity index is 1.64. The van der Waals surface area contributed by atoms with Crippen LogP contribution in [0.25, 0.3) is 11.1 Å². The predicted octanol–water partition coefficient (Wildman–Crippen LogP) is 3.26. The number of unbranched alkanes of at least 4 members (excludes halogenated alkanes) is 1. The van der Waals surface area contributed by atoms with Gasteiger partial charge in [0, 0.05) is 19.0 Å². The minimum atomic E-state index is -1.91. The molecular weight excluding hydrogens is 1250 g/mol. The van der Waals surface area contributed by atoms with Crippen LogP contribution >= 0.6 is 0 Å². The van der Waals surface area contributed by atoms with Crippen molar-refractivity contribution in [1.82, 2.24) is 53.2 Å². The zero-order chi connectivity index (χ0) is 71.5. The van der Waals surface area contributed by atoms with Crippen molar-refractivity contribution in [2.45, 2.75) is 174 Å². The normalized spacial score (nSPS) is 13.9. The van der Waals surface area contributed by atoms with Crippen LogP contribution in [-0.2, 0) is 78.2 Å². The molecule has 11 amide bonds. The maximum atomic E-state index is 14.5. The van der Waals surface area contributed by atoms with Crippen LogP contribution < -0.4 is 58.9 Å². The lowest BCUT2D eigenvalue weighted by molar-refractivity contribution is -0.153. The van der Waals surface area contributed by atoms with Gasteiger partial charge in [-0.15, -0.1) is 0 Å². The van der Waals surface area contributed by atoms with Gasteiger partial charge < -0.3 is 87.3 Å². The fourth-order valence-corrected chi connectivity index (χ4v) is 9.68. The van der Waals surface area contributed by atoms with Crippen LogP contribution in [-0.4, -0.2) is 171 Å². The maximum absolute atomic E-state index is 14.5.